The third-order valence-corrected chi connectivity index (χ3v) is 1.67. The van der Waals surface area contributed by atoms with E-state index in [4.69, 9.17) is 0 Å². The maximum atomic E-state index is 10.5. The Hall–Kier alpha value is -1.35. The first-order chi connectivity index (χ1) is 5.42. The molecule has 3 nitrogen and oxygen atoms in total. The Bertz CT molecular complexity index is 367. The van der Waals surface area contributed by atoms with Crippen LogP contribution in [-0.2, 0) is 11.8 Å². The minimum absolute atomic E-state index is 0.312. The lowest BCUT2D eigenvalue weighted by atomic mass is 10.3. The summed E-state index contributed by atoms with van der Waals surface area (Å²) < 4.78 is 1.44. The summed E-state index contributed by atoms with van der Waals surface area (Å²) in [5, 5.41) is 15.4. The lowest BCUT2D eigenvalue weighted by molar-refractivity contribution is 0.112. The number of aromatic nitrogens is 2. The van der Waals surface area contributed by atoms with Gasteiger partial charge in [0.1, 0.15) is 0 Å². The molecule has 55 valence electrons. The van der Waals surface area contributed by atoms with Gasteiger partial charge in [0, 0.05) is 5.39 Å². The summed E-state index contributed by atoms with van der Waals surface area (Å²) in [6.45, 7) is -0.312. The van der Waals surface area contributed by atoms with Gasteiger partial charge in [0.15, 0.2) is 6.73 Å². The van der Waals surface area contributed by atoms with E-state index in [1.165, 1.54) is 4.68 Å². The zero-order valence-corrected chi connectivity index (χ0v) is 5.90. The summed E-state index contributed by atoms with van der Waals surface area (Å²) in [6, 6.07) is 7.66. The van der Waals surface area contributed by atoms with Gasteiger partial charge < -0.3 is 0 Å². The van der Waals surface area contributed by atoms with Crippen LogP contribution in [0.4, 0.5) is 0 Å². The van der Waals surface area contributed by atoms with E-state index in [1.54, 1.807) is 6.20 Å². The van der Waals surface area contributed by atoms with Gasteiger partial charge in [-0.1, -0.05) is 18.2 Å². The van der Waals surface area contributed by atoms with E-state index in [9.17, 15) is 5.11 Å². The molecule has 0 unspecified atom stereocenters. The molecular weight excluding hydrogens is 140 g/mol. The van der Waals surface area contributed by atoms with Crippen LogP contribution in [0.3, 0.4) is 0 Å². The molecule has 0 aliphatic rings. The molecule has 0 saturated carbocycles. The SMILES string of the molecule is [O]Cn1ncc2ccccc21. The van der Waals surface area contributed by atoms with Gasteiger partial charge in [-0.15, -0.1) is 0 Å². The van der Waals surface area contributed by atoms with Crippen molar-refractivity contribution in [3.63, 3.8) is 0 Å². The van der Waals surface area contributed by atoms with Crippen molar-refractivity contribution in [1.29, 1.82) is 0 Å². The van der Waals surface area contributed by atoms with E-state index in [-0.39, 0.29) is 6.73 Å². The van der Waals surface area contributed by atoms with Crippen molar-refractivity contribution in [2.75, 3.05) is 0 Å². The Balaban J connectivity index is 2.76. The summed E-state index contributed by atoms with van der Waals surface area (Å²) in [5.74, 6) is 0. The molecule has 0 spiro atoms. The van der Waals surface area contributed by atoms with Gasteiger partial charge in [0.2, 0.25) is 0 Å². The van der Waals surface area contributed by atoms with Crippen LogP contribution >= 0.6 is 0 Å². The quantitative estimate of drug-likeness (QED) is 0.601. The number of rotatable bonds is 1. The van der Waals surface area contributed by atoms with E-state index in [0.29, 0.717) is 0 Å². The first-order valence-corrected chi connectivity index (χ1v) is 3.40. The topological polar surface area (TPSA) is 37.7 Å². The van der Waals surface area contributed by atoms with Crippen molar-refractivity contribution in [3.05, 3.63) is 30.5 Å². The van der Waals surface area contributed by atoms with E-state index >= 15 is 0 Å². The number of benzene rings is 1. The summed E-state index contributed by atoms with van der Waals surface area (Å²) in [4.78, 5) is 0. The Morgan fingerprint density at radius 3 is 3.00 bits per heavy atom. The van der Waals surface area contributed by atoms with Crippen LogP contribution in [0.1, 0.15) is 0 Å². The van der Waals surface area contributed by atoms with E-state index in [0.717, 1.165) is 10.9 Å². The normalized spacial score (nSPS) is 10.6. The Labute approximate surface area is 63.9 Å². The summed E-state index contributed by atoms with van der Waals surface area (Å²) in [7, 11) is 0. The first-order valence-electron chi connectivity index (χ1n) is 3.40. The minimum Gasteiger partial charge on any atom is -0.236 e. The molecule has 0 bridgehead atoms. The molecule has 1 aromatic heterocycles. The number of nitrogens with zero attached hydrogens (tertiary/aromatic N) is 2. The molecule has 11 heavy (non-hydrogen) atoms. The molecule has 2 aromatic rings. The van der Waals surface area contributed by atoms with Crippen LogP contribution in [-0.4, -0.2) is 9.78 Å². The fraction of sp³-hybridized carbons (Fsp3) is 0.125. The van der Waals surface area contributed by atoms with Gasteiger partial charge in [-0.05, 0) is 6.07 Å². The molecule has 0 saturated heterocycles. The maximum absolute atomic E-state index is 10.5. The van der Waals surface area contributed by atoms with Crippen molar-refractivity contribution in [2.45, 2.75) is 6.73 Å². The largest absolute Gasteiger partial charge is 0.236 e. The van der Waals surface area contributed by atoms with Crippen molar-refractivity contribution in [3.8, 4) is 0 Å². The molecular formula is C8H7N2O. The molecule has 2 rings (SSSR count). The van der Waals surface area contributed by atoms with Gasteiger partial charge in [-0.3, -0.25) is 0 Å². The molecule has 1 aromatic carbocycles. The van der Waals surface area contributed by atoms with Crippen molar-refractivity contribution >= 4 is 10.9 Å². The van der Waals surface area contributed by atoms with E-state index in [2.05, 4.69) is 5.10 Å². The zero-order valence-electron chi connectivity index (χ0n) is 5.90. The molecule has 0 amide bonds. The Morgan fingerprint density at radius 1 is 1.36 bits per heavy atom. The predicted octanol–water partition coefficient (Wildman–Crippen LogP) is 1.42. The predicted molar refractivity (Wildman–Crippen MR) is 40.4 cm³/mol. The molecule has 1 radical (unpaired) electrons. The van der Waals surface area contributed by atoms with E-state index < -0.39 is 0 Å². The van der Waals surface area contributed by atoms with Crippen LogP contribution in [0.25, 0.3) is 10.9 Å². The zero-order chi connectivity index (χ0) is 7.68. The monoisotopic (exact) mass is 147 g/mol. The highest BCUT2D eigenvalue weighted by molar-refractivity contribution is 5.78. The average molecular weight is 147 g/mol. The van der Waals surface area contributed by atoms with Crippen LogP contribution < -0.4 is 0 Å². The Morgan fingerprint density at radius 2 is 2.18 bits per heavy atom. The molecule has 3 heteroatoms. The van der Waals surface area contributed by atoms with E-state index in [1.807, 2.05) is 24.3 Å². The second-order valence-electron chi connectivity index (χ2n) is 2.33. The average Bonchev–Trinajstić information content (AvgIpc) is 2.47. The standard InChI is InChI=1S/C8H7N2O/c11-6-10-8-4-2-1-3-7(8)5-9-10/h1-5H,6H2. The van der Waals surface area contributed by atoms with Crippen LogP contribution in [0.2, 0.25) is 0 Å². The van der Waals surface area contributed by atoms with Gasteiger partial charge in [0.25, 0.3) is 0 Å². The second-order valence-corrected chi connectivity index (χ2v) is 2.33. The number of hydrogen-bond donors (Lipinski definition) is 0. The molecule has 0 N–H and O–H groups in total. The molecule has 0 atom stereocenters. The summed E-state index contributed by atoms with van der Waals surface area (Å²) in [6.07, 6.45) is 1.70. The smallest absolute Gasteiger partial charge is 0.174 e. The fourth-order valence-electron chi connectivity index (χ4n) is 1.13. The van der Waals surface area contributed by atoms with Gasteiger partial charge in [-0.25, -0.2) is 9.79 Å². The lowest BCUT2D eigenvalue weighted by Crippen LogP contribution is -1.95. The van der Waals surface area contributed by atoms with Gasteiger partial charge >= 0.3 is 0 Å². The summed E-state index contributed by atoms with van der Waals surface area (Å²) in [5.41, 5.74) is 0.905. The first kappa shape index (κ1) is 6.37. The highest BCUT2D eigenvalue weighted by Crippen LogP contribution is 2.11. The van der Waals surface area contributed by atoms with Gasteiger partial charge in [0.05, 0.1) is 11.7 Å². The molecule has 0 aliphatic carbocycles. The third-order valence-electron chi connectivity index (χ3n) is 1.67. The minimum atomic E-state index is -0.312. The maximum Gasteiger partial charge on any atom is 0.174 e. The lowest BCUT2D eigenvalue weighted by Gasteiger charge is -1.93. The third kappa shape index (κ3) is 0.897. The van der Waals surface area contributed by atoms with Crippen molar-refractivity contribution in [1.82, 2.24) is 9.78 Å². The fourth-order valence-corrected chi connectivity index (χ4v) is 1.13. The Kier molecular flexibility index (Phi) is 1.36. The summed E-state index contributed by atoms with van der Waals surface area (Å²) >= 11 is 0. The number of fused-ring (bicyclic) bond motifs is 1. The van der Waals surface area contributed by atoms with Crippen LogP contribution in [0.15, 0.2) is 30.5 Å². The van der Waals surface area contributed by atoms with Crippen LogP contribution in [0.5, 0.6) is 0 Å². The van der Waals surface area contributed by atoms with Gasteiger partial charge in [-0.2, -0.15) is 5.10 Å². The number of hydrogen-bond acceptors (Lipinski definition) is 1. The molecule has 0 fully saturated rings. The van der Waals surface area contributed by atoms with Crippen molar-refractivity contribution < 1.29 is 5.11 Å². The van der Waals surface area contributed by atoms with Crippen molar-refractivity contribution in [2.24, 2.45) is 0 Å². The van der Waals surface area contributed by atoms with Crippen LogP contribution in [0, 0.1) is 0 Å². The highest BCUT2D eigenvalue weighted by atomic mass is 16.3. The molecule has 1 heterocycles. The number of para-hydroxylation sites is 1. The highest BCUT2D eigenvalue weighted by Gasteiger charge is 1.98. The molecule has 0 aliphatic heterocycles. The second kappa shape index (κ2) is 2.36.